The van der Waals surface area contributed by atoms with Crippen molar-refractivity contribution in [2.45, 2.75) is 45.1 Å². The number of hydrogen-bond donors (Lipinski definition) is 2. The predicted molar refractivity (Wildman–Crippen MR) is 82.1 cm³/mol. The van der Waals surface area contributed by atoms with E-state index in [4.69, 9.17) is 5.73 Å². The van der Waals surface area contributed by atoms with Gasteiger partial charge in [0, 0.05) is 16.2 Å². The van der Waals surface area contributed by atoms with Gasteiger partial charge in [-0.1, -0.05) is 35.7 Å². The van der Waals surface area contributed by atoms with Crippen LogP contribution in [0.25, 0.3) is 0 Å². The third-order valence-electron chi connectivity index (χ3n) is 3.85. The van der Waals surface area contributed by atoms with Crippen LogP contribution in [0, 0.1) is 5.92 Å². The molecular formula is C15H21BrN2O. The Morgan fingerprint density at radius 2 is 2.11 bits per heavy atom. The van der Waals surface area contributed by atoms with E-state index in [2.05, 4.69) is 28.2 Å². The summed E-state index contributed by atoms with van der Waals surface area (Å²) < 4.78 is 0.893. The summed E-state index contributed by atoms with van der Waals surface area (Å²) >= 11 is 3.35. The van der Waals surface area contributed by atoms with Gasteiger partial charge in [0.2, 0.25) is 0 Å². The Hall–Kier alpha value is -1.03. The van der Waals surface area contributed by atoms with Crippen LogP contribution in [0.1, 0.15) is 49.4 Å². The van der Waals surface area contributed by atoms with Gasteiger partial charge in [0.1, 0.15) is 0 Å². The number of hydrogen-bond acceptors (Lipinski definition) is 2. The van der Waals surface area contributed by atoms with Crippen LogP contribution < -0.4 is 11.1 Å². The Morgan fingerprint density at radius 3 is 2.84 bits per heavy atom. The highest BCUT2D eigenvalue weighted by molar-refractivity contribution is 9.10. The van der Waals surface area contributed by atoms with Gasteiger partial charge in [0.05, 0.1) is 5.56 Å². The van der Waals surface area contributed by atoms with Crippen LogP contribution in [-0.2, 0) is 0 Å². The molecule has 0 saturated heterocycles. The van der Waals surface area contributed by atoms with E-state index in [-0.39, 0.29) is 5.91 Å². The number of carbonyl (C=O) groups is 1. The molecule has 0 aliphatic heterocycles. The molecule has 104 valence electrons. The Kier molecular flexibility index (Phi) is 4.86. The number of nitrogens with two attached hydrogens (primary N) is 1. The number of halogens is 1. The number of carbonyl (C=O) groups excluding carboxylic acids is 1. The first kappa shape index (κ1) is 14.4. The molecule has 1 aromatic rings. The Balaban J connectivity index is 2.00. The minimum atomic E-state index is -0.0513. The van der Waals surface area contributed by atoms with Crippen LogP contribution in [0.4, 0.5) is 5.69 Å². The SMILES string of the molecule is CC1CCCC(NC(=O)c2ccc(Br)cc2N)CC1. The summed E-state index contributed by atoms with van der Waals surface area (Å²) in [6, 6.07) is 5.68. The fourth-order valence-electron chi connectivity index (χ4n) is 2.63. The van der Waals surface area contributed by atoms with E-state index < -0.39 is 0 Å². The second-order valence-corrected chi connectivity index (χ2v) is 6.43. The largest absolute Gasteiger partial charge is 0.398 e. The standard InChI is InChI=1S/C15H21BrN2O/c1-10-3-2-4-12(7-5-10)18-15(19)13-8-6-11(16)9-14(13)17/h6,8-10,12H,2-5,7,17H2,1H3,(H,18,19). The molecule has 1 amide bonds. The molecule has 0 heterocycles. The monoisotopic (exact) mass is 324 g/mol. The number of benzene rings is 1. The van der Waals surface area contributed by atoms with Crippen molar-refractivity contribution in [3.05, 3.63) is 28.2 Å². The molecule has 19 heavy (non-hydrogen) atoms. The van der Waals surface area contributed by atoms with Gasteiger partial charge >= 0.3 is 0 Å². The van der Waals surface area contributed by atoms with Gasteiger partial charge in [-0.15, -0.1) is 0 Å². The number of nitrogen functional groups attached to an aromatic ring is 1. The van der Waals surface area contributed by atoms with E-state index in [9.17, 15) is 4.79 Å². The smallest absolute Gasteiger partial charge is 0.253 e. The third-order valence-corrected chi connectivity index (χ3v) is 4.34. The van der Waals surface area contributed by atoms with Gasteiger partial charge in [-0.05, 0) is 43.4 Å². The topological polar surface area (TPSA) is 55.1 Å². The van der Waals surface area contributed by atoms with Crippen LogP contribution in [0.5, 0.6) is 0 Å². The molecule has 1 aliphatic rings. The van der Waals surface area contributed by atoms with E-state index in [0.29, 0.717) is 17.3 Å². The Bertz CT molecular complexity index is 461. The van der Waals surface area contributed by atoms with Crippen LogP contribution in [-0.4, -0.2) is 11.9 Å². The van der Waals surface area contributed by atoms with Crippen LogP contribution in [0.15, 0.2) is 22.7 Å². The van der Waals surface area contributed by atoms with Crippen molar-refractivity contribution in [3.63, 3.8) is 0 Å². The van der Waals surface area contributed by atoms with Crippen molar-refractivity contribution in [2.75, 3.05) is 5.73 Å². The zero-order valence-electron chi connectivity index (χ0n) is 11.3. The van der Waals surface area contributed by atoms with Gasteiger partial charge < -0.3 is 11.1 Å². The minimum Gasteiger partial charge on any atom is -0.398 e. The maximum atomic E-state index is 12.2. The number of amides is 1. The maximum Gasteiger partial charge on any atom is 0.253 e. The summed E-state index contributed by atoms with van der Waals surface area (Å²) in [5.74, 6) is 0.726. The second kappa shape index (κ2) is 6.42. The predicted octanol–water partition coefficient (Wildman–Crippen LogP) is 3.73. The van der Waals surface area contributed by atoms with Crippen molar-refractivity contribution in [2.24, 2.45) is 5.92 Å². The highest BCUT2D eigenvalue weighted by Gasteiger charge is 2.19. The minimum absolute atomic E-state index is 0.0513. The summed E-state index contributed by atoms with van der Waals surface area (Å²) in [4.78, 5) is 12.2. The highest BCUT2D eigenvalue weighted by atomic mass is 79.9. The van der Waals surface area contributed by atoms with Gasteiger partial charge in [-0.2, -0.15) is 0 Å². The molecule has 1 saturated carbocycles. The average molecular weight is 325 g/mol. The Morgan fingerprint density at radius 1 is 1.32 bits per heavy atom. The zero-order valence-corrected chi connectivity index (χ0v) is 12.9. The first-order valence-corrected chi connectivity index (χ1v) is 7.71. The molecule has 3 N–H and O–H groups in total. The molecule has 0 bridgehead atoms. The summed E-state index contributed by atoms with van der Waals surface area (Å²) in [5, 5.41) is 3.12. The van der Waals surface area contributed by atoms with Crippen molar-refractivity contribution >= 4 is 27.5 Å². The normalized spacial score (nSPS) is 23.7. The van der Waals surface area contributed by atoms with Crippen molar-refractivity contribution < 1.29 is 4.79 Å². The van der Waals surface area contributed by atoms with E-state index in [1.165, 1.54) is 19.3 Å². The number of rotatable bonds is 2. The van der Waals surface area contributed by atoms with Crippen molar-refractivity contribution in [3.8, 4) is 0 Å². The zero-order chi connectivity index (χ0) is 13.8. The van der Waals surface area contributed by atoms with E-state index in [1.54, 1.807) is 12.1 Å². The van der Waals surface area contributed by atoms with Gasteiger partial charge in [-0.3, -0.25) is 4.79 Å². The average Bonchev–Trinajstić information content (AvgIpc) is 2.54. The molecule has 4 heteroatoms. The molecule has 1 aliphatic carbocycles. The molecule has 1 aromatic carbocycles. The molecular weight excluding hydrogens is 304 g/mol. The summed E-state index contributed by atoms with van der Waals surface area (Å²) in [7, 11) is 0. The number of nitrogens with one attached hydrogen (secondary N) is 1. The molecule has 0 spiro atoms. The molecule has 1 fully saturated rings. The fraction of sp³-hybridized carbons (Fsp3) is 0.533. The summed E-state index contributed by atoms with van der Waals surface area (Å²) in [6.07, 6.45) is 5.81. The molecule has 2 atom stereocenters. The maximum absolute atomic E-state index is 12.2. The lowest BCUT2D eigenvalue weighted by molar-refractivity contribution is 0.0934. The molecule has 2 rings (SSSR count). The molecule has 2 unspecified atom stereocenters. The van der Waals surface area contributed by atoms with Gasteiger partial charge in [0.15, 0.2) is 0 Å². The van der Waals surface area contributed by atoms with Crippen molar-refractivity contribution in [1.29, 1.82) is 0 Å². The van der Waals surface area contributed by atoms with Crippen LogP contribution >= 0.6 is 15.9 Å². The van der Waals surface area contributed by atoms with E-state index in [1.807, 2.05) is 6.07 Å². The van der Waals surface area contributed by atoms with Crippen LogP contribution in [0.2, 0.25) is 0 Å². The van der Waals surface area contributed by atoms with E-state index >= 15 is 0 Å². The number of anilines is 1. The van der Waals surface area contributed by atoms with Crippen molar-refractivity contribution in [1.82, 2.24) is 5.32 Å². The summed E-state index contributed by atoms with van der Waals surface area (Å²) in [6.45, 7) is 2.29. The molecule has 0 aromatic heterocycles. The first-order valence-electron chi connectivity index (χ1n) is 6.92. The fourth-order valence-corrected chi connectivity index (χ4v) is 3.01. The van der Waals surface area contributed by atoms with Gasteiger partial charge in [-0.25, -0.2) is 0 Å². The third kappa shape index (κ3) is 3.96. The molecule has 0 radical (unpaired) electrons. The second-order valence-electron chi connectivity index (χ2n) is 5.52. The lowest BCUT2D eigenvalue weighted by atomic mass is 10.0. The highest BCUT2D eigenvalue weighted by Crippen LogP contribution is 2.24. The Labute approximate surface area is 123 Å². The van der Waals surface area contributed by atoms with E-state index in [0.717, 1.165) is 23.2 Å². The molecule has 3 nitrogen and oxygen atoms in total. The summed E-state index contributed by atoms with van der Waals surface area (Å²) in [5.41, 5.74) is 6.98. The lowest BCUT2D eigenvalue weighted by Crippen LogP contribution is -2.34. The van der Waals surface area contributed by atoms with Gasteiger partial charge in [0.25, 0.3) is 5.91 Å². The quantitative estimate of drug-likeness (QED) is 0.643. The van der Waals surface area contributed by atoms with Crippen LogP contribution in [0.3, 0.4) is 0 Å². The first-order chi connectivity index (χ1) is 9.06. The lowest BCUT2D eigenvalue weighted by Gasteiger charge is -2.17.